The van der Waals surface area contributed by atoms with Crippen molar-refractivity contribution in [3.63, 3.8) is 0 Å². The van der Waals surface area contributed by atoms with Gasteiger partial charge in [0.2, 0.25) is 0 Å². The standard InChI is InChI=1S/C27H27N3O4/c1-17-8-13-22(34-4)21(15-17)25(31)23-24(18-9-11-20(12-10-18)29(2)3)30(27(33)26(23)32)16-19-7-5-6-14-28-19/h5-15,24,31H,16H2,1-4H3/b25-23+. The molecule has 1 aliphatic heterocycles. The van der Waals surface area contributed by atoms with Gasteiger partial charge in [-0.05, 0) is 48.9 Å². The van der Waals surface area contributed by atoms with Crippen molar-refractivity contribution >= 4 is 23.1 Å². The second kappa shape index (κ2) is 9.39. The highest BCUT2D eigenvalue weighted by Crippen LogP contribution is 2.42. The summed E-state index contributed by atoms with van der Waals surface area (Å²) in [6, 6.07) is 17.6. The summed E-state index contributed by atoms with van der Waals surface area (Å²) in [5.41, 5.74) is 3.62. The predicted molar refractivity (Wildman–Crippen MR) is 131 cm³/mol. The first kappa shape index (κ1) is 23.0. The van der Waals surface area contributed by atoms with Crippen LogP contribution in [0.4, 0.5) is 5.69 Å². The lowest BCUT2D eigenvalue weighted by atomic mass is 9.94. The van der Waals surface area contributed by atoms with E-state index < -0.39 is 17.7 Å². The number of rotatable bonds is 6. The summed E-state index contributed by atoms with van der Waals surface area (Å²) in [7, 11) is 5.37. The van der Waals surface area contributed by atoms with Gasteiger partial charge in [0, 0.05) is 26.0 Å². The number of methoxy groups -OCH3 is 1. The van der Waals surface area contributed by atoms with E-state index in [4.69, 9.17) is 4.74 Å². The monoisotopic (exact) mass is 457 g/mol. The maximum Gasteiger partial charge on any atom is 0.296 e. The lowest BCUT2D eigenvalue weighted by Gasteiger charge is -2.26. The van der Waals surface area contributed by atoms with Crippen molar-refractivity contribution in [2.75, 3.05) is 26.1 Å². The number of pyridine rings is 1. The molecule has 1 saturated heterocycles. The molecular weight excluding hydrogens is 430 g/mol. The van der Waals surface area contributed by atoms with Gasteiger partial charge in [-0.1, -0.05) is 29.8 Å². The number of aliphatic hydroxyl groups excluding tert-OH is 1. The van der Waals surface area contributed by atoms with Gasteiger partial charge in [0.25, 0.3) is 11.7 Å². The number of benzene rings is 2. The van der Waals surface area contributed by atoms with Gasteiger partial charge in [0.1, 0.15) is 11.5 Å². The number of hydrogen-bond donors (Lipinski definition) is 1. The number of nitrogens with zero attached hydrogens (tertiary/aromatic N) is 3. The number of aliphatic hydroxyl groups is 1. The fraction of sp³-hybridized carbons (Fsp3) is 0.222. The van der Waals surface area contributed by atoms with E-state index in [1.807, 2.05) is 62.3 Å². The Labute approximate surface area is 198 Å². The van der Waals surface area contributed by atoms with Crippen molar-refractivity contribution in [3.8, 4) is 5.75 Å². The van der Waals surface area contributed by atoms with Crippen molar-refractivity contribution in [2.24, 2.45) is 0 Å². The molecule has 0 aliphatic carbocycles. The minimum Gasteiger partial charge on any atom is -0.507 e. The molecule has 174 valence electrons. The summed E-state index contributed by atoms with van der Waals surface area (Å²) < 4.78 is 5.43. The summed E-state index contributed by atoms with van der Waals surface area (Å²) in [6.45, 7) is 2.01. The molecule has 1 N–H and O–H groups in total. The van der Waals surface area contributed by atoms with E-state index in [2.05, 4.69) is 4.98 Å². The Bertz CT molecular complexity index is 1250. The molecule has 1 aliphatic rings. The number of aryl methyl sites for hydroxylation is 1. The predicted octanol–water partition coefficient (Wildman–Crippen LogP) is 4.09. The van der Waals surface area contributed by atoms with Crippen molar-refractivity contribution in [1.82, 2.24) is 9.88 Å². The second-order valence-corrected chi connectivity index (χ2v) is 8.44. The number of likely N-dealkylation sites (tertiary alicyclic amines) is 1. The van der Waals surface area contributed by atoms with Crippen LogP contribution in [0.5, 0.6) is 5.75 Å². The number of ketones is 1. The SMILES string of the molecule is COc1ccc(C)cc1/C(O)=C1\C(=O)C(=O)N(Cc2ccccn2)C1c1ccc(N(C)C)cc1. The molecule has 2 heterocycles. The number of carbonyl (C=O) groups excluding carboxylic acids is 2. The minimum absolute atomic E-state index is 0.0300. The highest BCUT2D eigenvalue weighted by molar-refractivity contribution is 6.46. The van der Waals surface area contributed by atoms with E-state index in [-0.39, 0.29) is 17.9 Å². The second-order valence-electron chi connectivity index (χ2n) is 8.44. The molecule has 7 nitrogen and oxygen atoms in total. The summed E-state index contributed by atoms with van der Waals surface area (Å²) >= 11 is 0. The lowest BCUT2D eigenvalue weighted by molar-refractivity contribution is -0.140. The Morgan fingerprint density at radius 2 is 1.82 bits per heavy atom. The van der Waals surface area contributed by atoms with Crippen LogP contribution in [0.1, 0.15) is 28.4 Å². The zero-order chi connectivity index (χ0) is 24.4. The Morgan fingerprint density at radius 1 is 1.09 bits per heavy atom. The number of anilines is 1. The first-order chi connectivity index (χ1) is 16.3. The average Bonchev–Trinajstić information content (AvgIpc) is 3.09. The van der Waals surface area contributed by atoms with Gasteiger partial charge >= 0.3 is 0 Å². The van der Waals surface area contributed by atoms with Crippen LogP contribution in [-0.4, -0.2) is 47.9 Å². The molecule has 1 amide bonds. The van der Waals surface area contributed by atoms with Gasteiger partial charge in [-0.2, -0.15) is 0 Å². The van der Waals surface area contributed by atoms with Gasteiger partial charge in [-0.25, -0.2) is 0 Å². The largest absolute Gasteiger partial charge is 0.507 e. The van der Waals surface area contributed by atoms with Crippen LogP contribution in [0, 0.1) is 6.92 Å². The normalized spacial score (nSPS) is 17.2. The van der Waals surface area contributed by atoms with Gasteiger partial charge in [0.05, 0.1) is 36.5 Å². The van der Waals surface area contributed by atoms with Gasteiger partial charge in [0.15, 0.2) is 0 Å². The Hall–Kier alpha value is -4.13. The maximum absolute atomic E-state index is 13.3. The number of hydrogen-bond acceptors (Lipinski definition) is 6. The molecule has 4 rings (SSSR count). The molecule has 1 fully saturated rings. The van der Waals surface area contributed by atoms with E-state index in [0.717, 1.165) is 11.3 Å². The van der Waals surface area contributed by atoms with Crippen molar-refractivity contribution in [1.29, 1.82) is 0 Å². The Morgan fingerprint density at radius 3 is 2.44 bits per heavy atom. The third-order valence-electron chi connectivity index (χ3n) is 5.93. The van der Waals surface area contributed by atoms with Crippen molar-refractivity contribution in [3.05, 3.63) is 94.8 Å². The van der Waals surface area contributed by atoms with Gasteiger partial charge < -0.3 is 19.6 Å². The molecule has 2 aromatic carbocycles. The van der Waals surface area contributed by atoms with Crippen LogP contribution < -0.4 is 9.64 Å². The molecule has 7 heteroatoms. The smallest absolute Gasteiger partial charge is 0.296 e. The molecule has 0 bridgehead atoms. The number of aromatic nitrogens is 1. The molecule has 1 atom stereocenters. The molecule has 1 aromatic heterocycles. The molecule has 0 saturated carbocycles. The summed E-state index contributed by atoms with van der Waals surface area (Å²) in [4.78, 5) is 34.2. The highest BCUT2D eigenvalue weighted by Gasteiger charge is 2.46. The van der Waals surface area contributed by atoms with Crippen LogP contribution >= 0.6 is 0 Å². The third kappa shape index (κ3) is 4.24. The molecule has 0 radical (unpaired) electrons. The molecule has 1 unspecified atom stereocenters. The van der Waals surface area contributed by atoms with Gasteiger partial charge in [-0.15, -0.1) is 0 Å². The fourth-order valence-electron chi connectivity index (χ4n) is 4.16. The maximum atomic E-state index is 13.3. The molecule has 3 aromatic rings. The van der Waals surface area contributed by atoms with Crippen molar-refractivity contribution in [2.45, 2.75) is 19.5 Å². The Kier molecular flexibility index (Phi) is 6.36. The summed E-state index contributed by atoms with van der Waals surface area (Å²) in [5, 5.41) is 11.4. The van der Waals surface area contributed by atoms with E-state index in [1.165, 1.54) is 12.0 Å². The lowest BCUT2D eigenvalue weighted by Crippen LogP contribution is -2.29. The van der Waals surface area contributed by atoms with Gasteiger partial charge in [-0.3, -0.25) is 14.6 Å². The van der Waals surface area contributed by atoms with E-state index in [9.17, 15) is 14.7 Å². The van der Waals surface area contributed by atoms with E-state index in [1.54, 1.807) is 30.5 Å². The van der Waals surface area contributed by atoms with E-state index in [0.29, 0.717) is 22.6 Å². The average molecular weight is 458 g/mol. The summed E-state index contributed by atoms with van der Waals surface area (Å²) in [5.74, 6) is -1.26. The number of carbonyl (C=O) groups is 2. The zero-order valence-electron chi connectivity index (χ0n) is 19.6. The molecule has 34 heavy (non-hydrogen) atoms. The van der Waals surface area contributed by atoms with Crippen LogP contribution in [0.25, 0.3) is 5.76 Å². The third-order valence-corrected chi connectivity index (χ3v) is 5.93. The van der Waals surface area contributed by atoms with Crippen LogP contribution in [0.2, 0.25) is 0 Å². The molecule has 0 spiro atoms. The van der Waals surface area contributed by atoms with Crippen molar-refractivity contribution < 1.29 is 19.4 Å². The number of ether oxygens (including phenoxy) is 1. The minimum atomic E-state index is -0.775. The fourth-order valence-corrected chi connectivity index (χ4v) is 4.16. The first-order valence-corrected chi connectivity index (χ1v) is 10.9. The topological polar surface area (TPSA) is 83.0 Å². The Balaban J connectivity index is 1.90. The van der Waals surface area contributed by atoms with Crippen LogP contribution in [0.3, 0.4) is 0 Å². The van der Waals surface area contributed by atoms with Crippen LogP contribution in [0.15, 0.2) is 72.4 Å². The number of Topliss-reactive ketones (excluding diaryl/α,β-unsaturated/α-hetero) is 1. The first-order valence-electron chi connectivity index (χ1n) is 10.9. The highest BCUT2D eigenvalue weighted by atomic mass is 16.5. The zero-order valence-corrected chi connectivity index (χ0v) is 19.6. The van der Waals surface area contributed by atoms with Crippen LogP contribution in [-0.2, 0) is 16.1 Å². The quantitative estimate of drug-likeness (QED) is 0.341. The number of amides is 1. The van der Waals surface area contributed by atoms with E-state index >= 15 is 0 Å². The molecular formula is C27H27N3O4. The summed E-state index contributed by atoms with van der Waals surface area (Å²) in [6.07, 6.45) is 1.64.